The lowest BCUT2D eigenvalue weighted by atomic mass is 10.1. The third kappa shape index (κ3) is 1.90. The first-order valence-corrected chi connectivity index (χ1v) is 4.08. The Morgan fingerprint density at radius 1 is 0.923 bits per heavy atom. The van der Waals surface area contributed by atoms with Crippen molar-refractivity contribution in [2.45, 2.75) is 6.54 Å². The van der Waals surface area contributed by atoms with Crippen molar-refractivity contribution in [2.24, 2.45) is 5.73 Å². The number of fused-ring (bicyclic) bond motifs is 1. The van der Waals surface area contributed by atoms with Crippen LogP contribution in [0.1, 0.15) is 5.56 Å². The van der Waals surface area contributed by atoms with Crippen molar-refractivity contribution in [3.8, 4) is 0 Å². The lowest BCUT2D eigenvalue weighted by Gasteiger charge is -2.02. The minimum absolute atomic E-state index is 0. The van der Waals surface area contributed by atoms with Gasteiger partial charge in [-0.2, -0.15) is 0 Å². The molecule has 0 spiro atoms. The zero-order valence-corrected chi connectivity index (χ0v) is 8.95. The summed E-state index contributed by atoms with van der Waals surface area (Å²) in [6, 6.07) is 14.5. The molecule has 0 saturated carbocycles. The molecular weight excluding hydrogens is 226 g/mol. The predicted octanol–water partition coefficient (Wildman–Crippen LogP) is 2.88. The molecule has 2 aromatic rings. The Balaban J connectivity index is 0.000000845. The molecule has 0 fully saturated rings. The van der Waals surface area contributed by atoms with Crippen LogP contribution in [0.15, 0.2) is 42.5 Å². The standard InChI is InChI=1S/C11H11N.BrH/c12-8-10-6-3-5-9-4-1-2-7-11(9)10;/h1-7H,8,12H2;1H. The Morgan fingerprint density at radius 2 is 1.62 bits per heavy atom. The molecule has 1 nitrogen and oxygen atoms in total. The molecule has 0 radical (unpaired) electrons. The molecule has 0 aromatic heterocycles. The van der Waals surface area contributed by atoms with Crippen LogP contribution < -0.4 is 5.73 Å². The fraction of sp³-hybridized carbons (Fsp3) is 0.0909. The molecule has 2 aromatic carbocycles. The molecule has 0 bridgehead atoms. The lowest BCUT2D eigenvalue weighted by Crippen LogP contribution is -1.96. The van der Waals surface area contributed by atoms with Crippen molar-refractivity contribution in [3.63, 3.8) is 0 Å². The third-order valence-electron chi connectivity index (χ3n) is 2.10. The van der Waals surface area contributed by atoms with Gasteiger partial charge in [-0.05, 0) is 16.3 Å². The predicted molar refractivity (Wildman–Crippen MR) is 62.2 cm³/mol. The summed E-state index contributed by atoms with van der Waals surface area (Å²) in [5.41, 5.74) is 6.83. The number of benzene rings is 2. The number of hydrogen-bond acceptors (Lipinski definition) is 1. The van der Waals surface area contributed by atoms with Crippen LogP contribution in [0.2, 0.25) is 0 Å². The first-order valence-electron chi connectivity index (χ1n) is 4.08. The second-order valence-electron chi connectivity index (χ2n) is 2.84. The van der Waals surface area contributed by atoms with E-state index in [1.807, 2.05) is 18.2 Å². The maximum absolute atomic E-state index is 5.62. The summed E-state index contributed by atoms with van der Waals surface area (Å²) in [6.45, 7) is 0.612. The Hall–Kier alpha value is -0.860. The van der Waals surface area contributed by atoms with Crippen LogP contribution in [0.25, 0.3) is 10.8 Å². The van der Waals surface area contributed by atoms with Gasteiger partial charge in [0.25, 0.3) is 0 Å². The summed E-state index contributed by atoms with van der Waals surface area (Å²) >= 11 is 0. The van der Waals surface area contributed by atoms with E-state index in [1.54, 1.807) is 0 Å². The van der Waals surface area contributed by atoms with Gasteiger partial charge in [0.1, 0.15) is 0 Å². The molecule has 0 aliphatic carbocycles. The van der Waals surface area contributed by atoms with E-state index in [2.05, 4.69) is 24.3 Å². The topological polar surface area (TPSA) is 26.0 Å². The highest BCUT2D eigenvalue weighted by atomic mass is 79.9. The third-order valence-corrected chi connectivity index (χ3v) is 2.10. The van der Waals surface area contributed by atoms with Gasteiger partial charge in [-0.1, -0.05) is 42.5 Å². The highest BCUT2D eigenvalue weighted by molar-refractivity contribution is 8.93. The number of halogens is 1. The summed E-state index contributed by atoms with van der Waals surface area (Å²) in [4.78, 5) is 0. The fourth-order valence-electron chi connectivity index (χ4n) is 1.47. The number of rotatable bonds is 1. The normalized spacial score (nSPS) is 9.62. The summed E-state index contributed by atoms with van der Waals surface area (Å²) in [6.07, 6.45) is 0. The van der Waals surface area contributed by atoms with Crippen LogP contribution in [0.4, 0.5) is 0 Å². The van der Waals surface area contributed by atoms with Crippen LogP contribution in [0.5, 0.6) is 0 Å². The van der Waals surface area contributed by atoms with Gasteiger partial charge in [0.2, 0.25) is 0 Å². The Labute approximate surface area is 88.3 Å². The van der Waals surface area contributed by atoms with Crippen LogP contribution in [0, 0.1) is 0 Å². The summed E-state index contributed by atoms with van der Waals surface area (Å²) in [7, 11) is 0. The molecule has 0 unspecified atom stereocenters. The monoisotopic (exact) mass is 237 g/mol. The first kappa shape index (κ1) is 10.2. The molecule has 0 saturated heterocycles. The molecule has 2 heteroatoms. The molecule has 0 aliphatic heterocycles. The van der Waals surface area contributed by atoms with Gasteiger partial charge in [0, 0.05) is 6.54 Å². The fourth-order valence-corrected chi connectivity index (χ4v) is 1.47. The molecule has 0 heterocycles. The van der Waals surface area contributed by atoms with E-state index in [-0.39, 0.29) is 17.0 Å². The van der Waals surface area contributed by atoms with Crippen molar-refractivity contribution < 1.29 is 0 Å². The Kier molecular flexibility index (Phi) is 3.46. The molecule has 0 aliphatic rings. The van der Waals surface area contributed by atoms with E-state index in [9.17, 15) is 0 Å². The minimum atomic E-state index is 0. The summed E-state index contributed by atoms with van der Waals surface area (Å²) in [5, 5.41) is 2.53. The van der Waals surface area contributed by atoms with Crippen molar-refractivity contribution in [3.05, 3.63) is 48.0 Å². The van der Waals surface area contributed by atoms with E-state index in [4.69, 9.17) is 5.73 Å². The van der Waals surface area contributed by atoms with Gasteiger partial charge in [0.05, 0.1) is 0 Å². The average molecular weight is 238 g/mol. The van der Waals surface area contributed by atoms with Gasteiger partial charge >= 0.3 is 0 Å². The molecule has 0 amide bonds. The average Bonchev–Trinajstić information content (AvgIpc) is 2.17. The lowest BCUT2D eigenvalue weighted by molar-refractivity contribution is 1.09. The molecule has 2 N–H and O–H groups in total. The Morgan fingerprint density at radius 3 is 2.38 bits per heavy atom. The zero-order chi connectivity index (χ0) is 8.39. The Bertz CT molecular complexity index is 393. The van der Waals surface area contributed by atoms with Gasteiger partial charge in [-0.3, -0.25) is 0 Å². The van der Waals surface area contributed by atoms with E-state index in [0.29, 0.717) is 6.54 Å². The quantitative estimate of drug-likeness (QED) is 0.812. The van der Waals surface area contributed by atoms with E-state index in [0.717, 1.165) is 0 Å². The van der Waals surface area contributed by atoms with Crippen LogP contribution >= 0.6 is 17.0 Å². The van der Waals surface area contributed by atoms with Crippen LogP contribution in [-0.2, 0) is 6.54 Å². The van der Waals surface area contributed by atoms with Crippen LogP contribution in [-0.4, -0.2) is 0 Å². The largest absolute Gasteiger partial charge is 0.326 e. The molecule has 0 atom stereocenters. The van der Waals surface area contributed by atoms with Crippen LogP contribution in [0.3, 0.4) is 0 Å². The minimum Gasteiger partial charge on any atom is -0.326 e. The molecule has 13 heavy (non-hydrogen) atoms. The maximum atomic E-state index is 5.62. The van der Waals surface area contributed by atoms with Crippen molar-refractivity contribution in [2.75, 3.05) is 0 Å². The SMILES string of the molecule is Br.NCc1cccc2ccccc12. The number of nitrogens with two attached hydrogens (primary N) is 1. The zero-order valence-electron chi connectivity index (χ0n) is 7.23. The van der Waals surface area contributed by atoms with Crippen molar-refractivity contribution in [1.29, 1.82) is 0 Å². The second kappa shape index (κ2) is 4.40. The van der Waals surface area contributed by atoms with Gasteiger partial charge in [-0.15, -0.1) is 17.0 Å². The highest BCUT2D eigenvalue weighted by Gasteiger charge is 1.95. The second-order valence-corrected chi connectivity index (χ2v) is 2.84. The van der Waals surface area contributed by atoms with E-state index < -0.39 is 0 Å². The summed E-state index contributed by atoms with van der Waals surface area (Å²) in [5.74, 6) is 0. The van der Waals surface area contributed by atoms with Gasteiger partial charge < -0.3 is 5.73 Å². The number of hydrogen-bond donors (Lipinski definition) is 1. The molecule has 68 valence electrons. The van der Waals surface area contributed by atoms with Gasteiger partial charge in [0.15, 0.2) is 0 Å². The first-order chi connectivity index (χ1) is 5.92. The van der Waals surface area contributed by atoms with E-state index >= 15 is 0 Å². The smallest absolute Gasteiger partial charge is 0.0184 e. The highest BCUT2D eigenvalue weighted by Crippen LogP contribution is 2.17. The molecular formula is C11H12BrN. The maximum Gasteiger partial charge on any atom is 0.0184 e. The van der Waals surface area contributed by atoms with Crippen molar-refractivity contribution in [1.82, 2.24) is 0 Å². The van der Waals surface area contributed by atoms with E-state index in [1.165, 1.54) is 16.3 Å². The van der Waals surface area contributed by atoms with Gasteiger partial charge in [-0.25, -0.2) is 0 Å². The molecule has 2 rings (SSSR count). The summed E-state index contributed by atoms with van der Waals surface area (Å²) < 4.78 is 0. The van der Waals surface area contributed by atoms with Crippen molar-refractivity contribution >= 4 is 27.8 Å².